The van der Waals surface area contributed by atoms with Gasteiger partial charge in [0.05, 0.1) is 17.8 Å². The number of hydrogen-bond donors (Lipinski definition) is 0. The number of aromatic nitrogens is 3. The summed E-state index contributed by atoms with van der Waals surface area (Å²) in [4.78, 5) is 16.2. The van der Waals surface area contributed by atoms with Crippen LogP contribution in [0.2, 0.25) is 0 Å². The van der Waals surface area contributed by atoms with Gasteiger partial charge >= 0.3 is 5.97 Å². The fourth-order valence-electron chi connectivity index (χ4n) is 2.22. The lowest BCUT2D eigenvalue weighted by Crippen LogP contribution is -2.12. The monoisotopic (exact) mass is 359 g/mol. The fourth-order valence-corrected chi connectivity index (χ4v) is 2.56. The molecule has 22 heavy (non-hydrogen) atoms. The van der Waals surface area contributed by atoms with Gasteiger partial charge in [0.25, 0.3) is 0 Å². The first-order valence-corrected chi connectivity index (χ1v) is 7.65. The molecule has 0 aliphatic carbocycles. The fraction of sp³-hybridized carbons (Fsp3) is 0.188. The molecule has 5 nitrogen and oxygen atoms in total. The molecule has 0 saturated carbocycles. The molecular weight excluding hydrogens is 346 g/mol. The minimum atomic E-state index is -0.329. The van der Waals surface area contributed by atoms with E-state index in [0.717, 1.165) is 21.2 Å². The van der Waals surface area contributed by atoms with Gasteiger partial charge in [0.15, 0.2) is 5.65 Å². The van der Waals surface area contributed by atoms with Crippen LogP contribution < -0.4 is 0 Å². The van der Waals surface area contributed by atoms with Gasteiger partial charge in [0.1, 0.15) is 6.61 Å². The highest BCUT2D eigenvalue weighted by molar-refractivity contribution is 9.10. The summed E-state index contributed by atoms with van der Waals surface area (Å²) < 4.78 is 7.95. The average Bonchev–Trinajstić information content (AvgIpc) is 2.84. The van der Waals surface area contributed by atoms with E-state index in [-0.39, 0.29) is 12.6 Å². The van der Waals surface area contributed by atoms with E-state index in [1.807, 2.05) is 31.2 Å². The van der Waals surface area contributed by atoms with Crippen molar-refractivity contribution in [2.24, 2.45) is 0 Å². The van der Waals surface area contributed by atoms with Crippen LogP contribution in [-0.2, 0) is 11.3 Å². The quantitative estimate of drug-likeness (QED) is 0.670. The van der Waals surface area contributed by atoms with Gasteiger partial charge in [0, 0.05) is 16.1 Å². The zero-order chi connectivity index (χ0) is 15.5. The van der Waals surface area contributed by atoms with E-state index in [1.54, 1.807) is 23.0 Å². The summed E-state index contributed by atoms with van der Waals surface area (Å²) in [7, 11) is 0. The predicted molar refractivity (Wildman–Crippen MR) is 86.7 cm³/mol. The minimum Gasteiger partial charge on any atom is -0.460 e. The lowest BCUT2D eigenvalue weighted by atomic mass is 10.2. The summed E-state index contributed by atoms with van der Waals surface area (Å²) in [6.45, 7) is 2.65. The first-order valence-electron chi connectivity index (χ1n) is 6.86. The van der Waals surface area contributed by atoms with Crippen molar-refractivity contribution in [1.82, 2.24) is 14.8 Å². The van der Waals surface area contributed by atoms with E-state index < -0.39 is 0 Å². The minimum absolute atomic E-state index is 0.252. The average molecular weight is 360 g/mol. The van der Waals surface area contributed by atoms with Crippen molar-refractivity contribution in [2.45, 2.75) is 13.5 Å². The van der Waals surface area contributed by atoms with E-state index >= 15 is 0 Å². The maximum atomic E-state index is 11.9. The molecule has 0 N–H and O–H groups in total. The number of hydrogen-bond acceptors (Lipinski definition) is 4. The van der Waals surface area contributed by atoms with Crippen LogP contribution in [0.15, 0.2) is 47.1 Å². The molecule has 3 aromatic rings. The van der Waals surface area contributed by atoms with Crippen LogP contribution in [0.3, 0.4) is 0 Å². The molecule has 3 rings (SSSR count). The largest absolute Gasteiger partial charge is 0.460 e. The maximum absolute atomic E-state index is 11.9. The van der Waals surface area contributed by atoms with Gasteiger partial charge in [-0.05, 0) is 41.1 Å². The highest BCUT2D eigenvalue weighted by atomic mass is 79.9. The van der Waals surface area contributed by atoms with Crippen molar-refractivity contribution < 1.29 is 9.53 Å². The first kappa shape index (κ1) is 14.7. The second kappa shape index (κ2) is 6.27. The van der Waals surface area contributed by atoms with Crippen molar-refractivity contribution in [1.29, 1.82) is 0 Å². The van der Waals surface area contributed by atoms with Crippen LogP contribution in [0, 0.1) is 6.92 Å². The van der Waals surface area contributed by atoms with Crippen LogP contribution in [0.1, 0.15) is 16.1 Å². The third-order valence-electron chi connectivity index (χ3n) is 3.28. The number of esters is 1. The number of carbonyl (C=O) groups excluding carboxylic acids is 1. The Labute approximate surface area is 136 Å². The highest BCUT2D eigenvalue weighted by Crippen LogP contribution is 2.20. The van der Waals surface area contributed by atoms with Crippen molar-refractivity contribution >= 4 is 32.9 Å². The van der Waals surface area contributed by atoms with Crippen LogP contribution in [0.25, 0.3) is 11.0 Å². The lowest BCUT2D eigenvalue weighted by Gasteiger charge is -2.05. The number of nitrogens with zero attached hydrogens (tertiary/aromatic N) is 3. The topological polar surface area (TPSA) is 57.0 Å². The van der Waals surface area contributed by atoms with Gasteiger partial charge in [-0.1, -0.05) is 18.2 Å². The maximum Gasteiger partial charge on any atom is 0.338 e. The number of fused-ring (bicyclic) bond motifs is 1. The van der Waals surface area contributed by atoms with Gasteiger partial charge in [-0.2, -0.15) is 5.10 Å². The van der Waals surface area contributed by atoms with Crippen LogP contribution in [0.4, 0.5) is 0 Å². The molecule has 2 heterocycles. The molecule has 0 aliphatic heterocycles. The Kier molecular flexibility index (Phi) is 4.20. The van der Waals surface area contributed by atoms with Gasteiger partial charge in [-0.25, -0.2) is 14.5 Å². The van der Waals surface area contributed by atoms with E-state index in [0.29, 0.717) is 12.1 Å². The standard InChI is InChI=1S/C16H14BrN3O2/c1-11-14-9-13(17)10-18-15(14)20(19-11)7-8-22-16(21)12-5-3-2-4-6-12/h2-6,9-10H,7-8H2,1H3. The number of benzene rings is 1. The molecule has 0 spiro atoms. The van der Waals surface area contributed by atoms with Crippen molar-refractivity contribution in [3.05, 3.63) is 58.3 Å². The number of carbonyl (C=O) groups is 1. The zero-order valence-corrected chi connectivity index (χ0v) is 13.6. The predicted octanol–water partition coefficient (Wildman–Crippen LogP) is 3.36. The van der Waals surface area contributed by atoms with Gasteiger partial charge in [-0.3, -0.25) is 0 Å². The second-order valence-corrected chi connectivity index (χ2v) is 5.75. The smallest absolute Gasteiger partial charge is 0.338 e. The number of ether oxygens (including phenoxy) is 1. The van der Waals surface area contributed by atoms with E-state index in [2.05, 4.69) is 26.0 Å². The number of halogens is 1. The molecule has 0 saturated heterocycles. The Morgan fingerprint density at radius 2 is 2.09 bits per heavy atom. The van der Waals surface area contributed by atoms with Gasteiger partial charge < -0.3 is 4.74 Å². The third-order valence-corrected chi connectivity index (χ3v) is 3.72. The van der Waals surface area contributed by atoms with Crippen molar-refractivity contribution in [2.75, 3.05) is 6.61 Å². The Balaban J connectivity index is 1.69. The summed E-state index contributed by atoms with van der Waals surface area (Å²) >= 11 is 3.40. The van der Waals surface area contributed by atoms with E-state index in [1.165, 1.54) is 0 Å². The highest BCUT2D eigenvalue weighted by Gasteiger charge is 2.10. The molecule has 112 valence electrons. The van der Waals surface area contributed by atoms with E-state index in [4.69, 9.17) is 4.74 Å². The zero-order valence-electron chi connectivity index (χ0n) is 12.0. The van der Waals surface area contributed by atoms with Crippen LogP contribution >= 0.6 is 15.9 Å². The Morgan fingerprint density at radius 1 is 1.32 bits per heavy atom. The lowest BCUT2D eigenvalue weighted by molar-refractivity contribution is 0.0489. The third kappa shape index (κ3) is 3.01. The van der Waals surface area contributed by atoms with E-state index in [9.17, 15) is 4.79 Å². The Bertz CT molecular complexity index is 815. The summed E-state index contributed by atoms with van der Waals surface area (Å²) in [5.41, 5.74) is 2.24. The molecule has 2 aromatic heterocycles. The van der Waals surface area contributed by atoms with Gasteiger partial charge in [0.2, 0.25) is 0 Å². The molecule has 0 aliphatic rings. The molecule has 0 unspecified atom stereocenters. The molecule has 0 amide bonds. The van der Waals surface area contributed by atoms with Gasteiger partial charge in [-0.15, -0.1) is 0 Å². The second-order valence-electron chi connectivity index (χ2n) is 4.84. The SMILES string of the molecule is Cc1nn(CCOC(=O)c2ccccc2)c2ncc(Br)cc12. The number of aryl methyl sites for hydroxylation is 1. The van der Waals surface area contributed by atoms with Crippen LogP contribution in [-0.4, -0.2) is 27.3 Å². The number of rotatable bonds is 4. The Morgan fingerprint density at radius 3 is 2.86 bits per heavy atom. The molecule has 0 radical (unpaired) electrons. The van der Waals surface area contributed by atoms with Crippen LogP contribution in [0.5, 0.6) is 0 Å². The summed E-state index contributed by atoms with van der Waals surface area (Å²) in [6, 6.07) is 10.9. The molecule has 0 fully saturated rings. The molecule has 1 aromatic carbocycles. The summed E-state index contributed by atoms with van der Waals surface area (Å²) in [6.07, 6.45) is 1.73. The summed E-state index contributed by atoms with van der Waals surface area (Å²) in [5, 5.41) is 5.43. The first-order chi connectivity index (χ1) is 10.6. The molecule has 0 atom stereocenters. The molecular formula is C16H14BrN3O2. The van der Waals surface area contributed by atoms with Crippen molar-refractivity contribution in [3.63, 3.8) is 0 Å². The summed E-state index contributed by atoms with van der Waals surface area (Å²) in [5.74, 6) is -0.329. The van der Waals surface area contributed by atoms with Crippen molar-refractivity contribution in [3.8, 4) is 0 Å². The molecule has 0 bridgehead atoms. The number of pyridine rings is 1. The normalized spacial score (nSPS) is 10.8. The Hall–Kier alpha value is -2.21. The molecule has 6 heteroatoms.